The standard InChI is InChI=1S/C25H38O2/c1-3-5-6-20-9-17-24(18-10-20)27-25(26)23-15-13-22(14-16-23)21-11-7-19(4-2)8-12-21/h9-10,17-19,21-23H,3-8,11-16H2,1-2H3. The minimum Gasteiger partial charge on any atom is -0.426 e. The topological polar surface area (TPSA) is 26.3 Å². The minimum absolute atomic E-state index is 0.00977. The lowest BCUT2D eigenvalue weighted by Crippen LogP contribution is -2.30. The molecule has 0 aliphatic heterocycles. The van der Waals surface area contributed by atoms with Crippen molar-refractivity contribution in [3.8, 4) is 5.75 Å². The monoisotopic (exact) mass is 370 g/mol. The molecule has 0 atom stereocenters. The molecule has 150 valence electrons. The van der Waals surface area contributed by atoms with Crippen LogP contribution in [0.4, 0.5) is 0 Å². The molecule has 0 bridgehead atoms. The van der Waals surface area contributed by atoms with E-state index in [-0.39, 0.29) is 11.9 Å². The van der Waals surface area contributed by atoms with Gasteiger partial charge in [0, 0.05) is 0 Å². The Balaban J connectivity index is 1.42. The fourth-order valence-corrected chi connectivity index (χ4v) is 5.20. The molecule has 27 heavy (non-hydrogen) atoms. The molecule has 0 radical (unpaired) electrons. The van der Waals surface area contributed by atoms with E-state index in [1.54, 1.807) is 0 Å². The number of hydrogen-bond donors (Lipinski definition) is 0. The molecule has 1 aromatic rings. The molecule has 2 aliphatic carbocycles. The zero-order valence-electron chi connectivity index (χ0n) is 17.4. The van der Waals surface area contributed by atoms with Crippen LogP contribution in [0.15, 0.2) is 24.3 Å². The Morgan fingerprint density at radius 2 is 1.48 bits per heavy atom. The maximum absolute atomic E-state index is 12.6. The van der Waals surface area contributed by atoms with Gasteiger partial charge in [-0.15, -0.1) is 0 Å². The van der Waals surface area contributed by atoms with Gasteiger partial charge in [-0.1, -0.05) is 51.7 Å². The Kier molecular flexibility index (Phi) is 7.79. The highest BCUT2D eigenvalue weighted by atomic mass is 16.5. The fourth-order valence-electron chi connectivity index (χ4n) is 5.20. The SMILES string of the molecule is CCCCc1ccc(OC(=O)C2CCC(C3CCC(CC)CC3)CC2)cc1. The Hall–Kier alpha value is -1.31. The molecule has 1 aromatic carbocycles. The van der Waals surface area contributed by atoms with Gasteiger partial charge >= 0.3 is 5.97 Å². The molecule has 0 heterocycles. The van der Waals surface area contributed by atoms with Crippen molar-refractivity contribution >= 4 is 5.97 Å². The maximum Gasteiger partial charge on any atom is 0.314 e. The molecule has 2 fully saturated rings. The number of unbranched alkanes of at least 4 members (excludes halogenated alkanes) is 1. The highest BCUT2D eigenvalue weighted by Crippen LogP contribution is 2.42. The van der Waals surface area contributed by atoms with E-state index in [1.807, 2.05) is 12.1 Å². The minimum atomic E-state index is -0.00977. The summed E-state index contributed by atoms with van der Waals surface area (Å²) in [6.07, 6.45) is 15.0. The van der Waals surface area contributed by atoms with E-state index in [1.165, 1.54) is 63.4 Å². The van der Waals surface area contributed by atoms with Crippen LogP contribution < -0.4 is 4.74 Å². The molecule has 2 saturated carbocycles. The van der Waals surface area contributed by atoms with Crippen molar-refractivity contribution in [3.05, 3.63) is 29.8 Å². The summed E-state index contributed by atoms with van der Waals surface area (Å²) in [6.45, 7) is 4.54. The van der Waals surface area contributed by atoms with Crippen LogP contribution in [0.3, 0.4) is 0 Å². The van der Waals surface area contributed by atoms with Crippen LogP contribution in [0.25, 0.3) is 0 Å². The molecule has 2 heteroatoms. The molecule has 0 aromatic heterocycles. The molecular formula is C25H38O2. The number of ether oxygens (including phenoxy) is 1. The smallest absolute Gasteiger partial charge is 0.314 e. The first kappa shape index (κ1) is 20.4. The Morgan fingerprint density at radius 1 is 0.889 bits per heavy atom. The lowest BCUT2D eigenvalue weighted by atomic mass is 9.69. The van der Waals surface area contributed by atoms with E-state index in [4.69, 9.17) is 4.74 Å². The number of aryl methyl sites for hydroxylation is 1. The average Bonchev–Trinajstić information content (AvgIpc) is 2.73. The highest BCUT2D eigenvalue weighted by molar-refractivity contribution is 5.75. The number of carbonyl (C=O) groups is 1. The highest BCUT2D eigenvalue weighted by Gasteiger charge is 2.33. The molecule has 3 rings (SSSR count). The first-order valence-corrected chi connectivity index (χ1v) is 11.5. The van der Waals surface area contributed by atoms with Gasteiger partial charge in [0.05, 0.1) is 5.92 Å². The number of carbonyl (C=O) groups excluding carboxylic acids is 1. The first-order chi connectivity index (χ1) is 13.2. The van der Waals surface area contributed by atoms with Gasteiger partial charge in [0.25, 0.3) is 0 Å². The van der Waals surface area contributed by atoms with Crippen molar-refractivity contribution in [1.29, 1.82) is 0 Å². The van der Waals surface area contributed by atoms with Crippen LogP contribution >= 0.6 is 0 Å². The number of hydrogen-bond acceptors (Lipinski definition) is 2. The van der Waals surface area contributed by atoms with Crippen LogP contribution in [-0.2, 0) is 11.2 Å². The zero-order valence-corrected chi connectivity index (χ0v) is 17.4. The predicted molar refractivity (Wildman–Crippen MR) is 112 cm³/mol. The molecule has 0 spiro atoms. The normalized spacial score (nSPS) is 28.7. The van der Waals surface area contributed by atoms with Crippen molar-refractivity contribution in [2.75, 3.05) is 0 Å². The summed E-state index contributed by atoms with van der Waals surface area (Å²) in [7, 11) is 0. The van der Waals surface area contributed by atoms with Crippen LogP contribution in [-0.4, -0.2) is 5.97 Å². The molecule has 2 aliphatic rings. The summed E-state index contributed by atoms with van der Waals surface area (Å²) >= 11 is 0. The van der Waals surface area contributed by atoms with E-state index >= 15 is 0 Å². The first-order valence-electron chi connectivity index (χ1n) is 11.5. The van der Waals surface area contributed by atoms with Crippen molar-refractivity contribution in [1.82, 2.24) is 0 Å². The van der Waals surface area contributed by atoms with Gasteiger partial charge in [-0.3, -0.25) is 4.79 Å². The molecule has 2 nitrogen and oxygen atoms in total. The molecule has 0 N–H and O–H groups in total. The van der Waals surface area contributed by atoms with E-state index in [2.05, 4.69) is 26.0 Å². The lowest BCUT2D eigenvalue weighted by molar-refractivity contribution is -0.140. The third kappa shape index (κ3) is 5.83. The van der Waals surface area contributed by atoms with Crippen LogP contribution in [0, 0.1) is 23.7 Å². The van der Waals surface area contributed by atoms with Crippen molar-refractivity contribution in [3.63, 3.8) is 0 Å². The molecule has 0 saturated heterocycles. The van der Waals surface area contributed by atoms with E-state index in [0.717, 1.165) is 37.0 Å². The summed E-state index contributed by atoms with van der Waals surface area (Å²) in [5.41, 5.74) is 1.33. The second kappa shape index (κ2) is 10.3. The summed E-state index contributed by atoms with van der Waals surface area (Å²) < 4.78 is 5.68. The van der Waals surface area contributed by atoms with Gasteiger partial charge in [-0.25, -0.2) is 0 Å². The Morgan fingerprint density at radius 3 is 2.04 bits per heavy atom. The van der Waals surface area contributed by atoms with Crippen LogP contribution in [0.1, 0.15) is 90.0 Å². The van der Waals surface area contributed by atoms with Crippen LogP contribution in [0.5, 0.6) is 5.75 Å². The quantitative estimate of drug-likeness (QED) is 0.383. The summed E-state index contributed by atoms with van der Waals surface area (Å²) in [6, 6.07) is 8.12. The number of rotatable bonds is 7. The summed E-state index contributed by atoms with van der Waals surface area (Å²) in [5, 5.41) is 0. The van der Waals surface area contributed by atoms with E-state index < -0.39 is 0 Å². The van der Waals surface area contributed by atoms with Gasteiger partial charge in [0.15, 0.2) is 0 Å². The van der Waals surface area contributed by atoms with Gasteiger partial charge in [-0.05, 0) is 86.8 Å². The van der Waals surface area contributed by atoms with Crippen molar-refractivity contribution in [2.24, 2.45) is 23.7 Å². The fraction of sp³-hybridized carbons (Fsp3) is 0.720. The number of benzene rings is 1. The van der Waals surface area contributed by atoms with Crippen LogP contribution in [0.2, 0.25) is 0 Å². The molecular weight excluding hydrogens is 332 g/mol. The van der Waals surface area contributed by atoms with E-state index in [9.17, 15) is 4.79 Å². The van der Waals surface area contributed by atoms with Crippen molar-refractivity contribution < 1.29 is 9.53 Å². The second-order valence-electron chi connectivity index (χ2n) is 8.97. The lowest BCUT2D eigenvalue weighted by Gasteiger charge is -2.37. The van der Waals surface area contributed by atoms with Gasteiger partial charge in [0.1, 0.15) is 5.75 Å². The number of esters is 1. The average molecular weight is 371 g/mol. The third-order valence-corrected chi connectivity index (χ3v) is 7.20. The van der Waals surface area contributed by atoms with E-state index in [0.29, 0.717) is 5.75 Å². The van der Waals surface area contributed by atoms with Gasteiger partial charge in [-0.2, -0.15) is 0 Å². The van der Waals surface area contributed by atoms with Gasteiger partial charge in [0.2, 0.25) is 0 Å². The predicted octanol–water partition coefficient (Wildman–Crippen LogP) is 6.96. The van der Waals surface area contributed by atoms with Gasteiger partial charge < -0.3 is 4.74 Å². The Labute approximate surface area is 166 Å². The largest absolute Gasteiger partial charge is 0.426 e. The summed E-state index contributed by atoms with van der Waals surface area (Å²) in [4.78, 5) is 12.6. The summed E-state index contributed by atoms with van der Waals surface area (Å²) in [5.74, 6) is 3.55. The van der Waals surface area contributed by atoms with Crippen molar-refractivity contribution in [2.45, 2.75) is 90.9 Å². The Bertz CT molecular complexity index is 560. The molecule has 0 unspecified atom stereocenters. The third-order valence-electron chi connectivity index (χ3n) is 7.20. The zero-order chi connectivity index (χ0) is 19.1. The second-order valence-corrected chi connectivity index (χ2v) is 8.97. The molecule has 0 amide bonds. The maximum atomic E-state index is 12.6.